The molecule has 268 valence electrons. The van der Waals surface area contributed by atoms with Crippen molar-refractivity contribution in [3.8, 4) is 5.88 Å². The zero-order chi connectivity index (χ0) is 36.4. The Kier molecular flexibility index (Phi) is 13.2. The predicted molar refractivity (Wildman–Crippen MR) is 190 cm³/mol. The Hall–Kier alpha value is -4.66. The van der Waals surface area contributed by atoms with E-state index in [2.05, 4.69) is 15.5 Å². The van der Waals surface area contributed by atoms with Crippen LogP contribution < -0.4 is 11.0 Å². The van der Waals surface area contributed by atoms with Gasteiger partial charge < -0.3 is 15.5 Å². The van der Waals surface area contributed by atoms with Crippen molar-refractivity contribution >= 4 is 15.9 Å². The monoisotopic (exact) mass is 706 g/mol. The summed E-state index contributed by atoms with van der Waals surface area (Å²) in [4.78, 5) is 42.5. The summed E-state index contributed by atoms with van der Waals surface area (Å²) in [7, 11) is -4.10. The molecule has 2 aromatic heterocycles. The van der Waals surface area contributed by atoms with Gasteiger partial charge in [0.15, 0.2) is 0 Å². The number of amides is 1. The molecule has 2 aromatic carbocycles. The van der Waals surface area contributed by atoms with Gasteiger partial charge in [-0.1, -0.05) is 81.8 Å². The number of aliphatic hydroxyl groups excluding tert-OH is 1. The quantitative estimate of drug-likeness (QED) is 0.130. The highest BCUT2D eigenvalue weighted by molar-refractivity contribution is 7.89. The van der Waals surface area contributed by atoms with Gasteiger partial charge in [0.25, 0.3) is 0 Å². The van der Waals surface area contributed by atoms with Crippen LogP contribution in [0.3, 0.4) is 0 Å². The standard InChI is InChI=1S/C36H46N6O7S/c1-5-26(4)34(42-24-33(44)41(36(42)46)22-29-15-17-37-18-16-29)35(45)39-31(19-27-9-7-6-8-10-27)32(43)23-40(21-25(2)3)50(48,49)30-13-11-28(12-14-30)20-38-47/h6-18,24-26,31-32,34,43-44H,5,19-23H2,1-4H3,(H,39,45)/t26-,31-,32+,34-/m0/s1. The third-order valence-corrected chi connectivity index (χ3v) is 10.5. The molecule has 0 bridgehead atoms. The highest BCUT2D eigenvalue weighted by Crippen LogP contribution is 2.25. The van der Waals surface area contributed by atoms with Crippen molar-refractivity contribution in [2.24, 2.45) is 17.0 Å². The molecule has 2 heterocycles. The van der Waals surface area contributed by atoms with Crippen LogP contribution in [0.25, 0.3) is 0 Å². The summed E-state index contributed by atoms with van der Waals surface area (Å²) >= 11 is 0. The smallest absolute Gasteiger partial charge is 0.332 e. The molecular weight excluding hydrogens is 660 g/mol. The van der Waals surface area contributed by atoms with E-state index in [1.54, 1.807) is 24.5 Å². The van der Waals surface area contributed by atoms with E-state index >= 15 is 0 Å². The third-order valence-electron chi connectivity index (χ3n) is 8.68. The number of hydrogen-bond donors (Lipinski definition) is 3. The van der Waals surface area contributed by atoms with Gasteiger partial charge in [0.2, 0.25) is 21.8 Å². The molecule has 4 atom stereocenters. The van der Waals surface area contributed by atoms with Crippen molar-refractivity contribution in [3.05, 3.63) is 117 Å². The predicted octanol–water partition coefficient (Wildman–Crippen LogP) is 4.09. The number of pyridine rings is 1. The van der Waals surface area contributed by atoms with Gasteiger partial charge in [0, 0.05) is 25.5 Å². The normalized spacial score (nSPS) is 14.3. The van der Waals surface area contributed by atoms with E-state index in [1.807, 2.05) is 58.0 Å². The molecule has 0 aliphatic rings. The van der Waals surface area contributed by atoms with Crippen LogP contribution in [0.1, 0.15) is 56.8 Å². The Morgan fingerprint density at radius 1 is 0.960 bits per heavy atom. The first-order valence-electron chi connectivity index (χ1n) is 16.7. The second kappa shape index (κ2) is 17.3. The van der Waals surface area contributed by atoms with Crippen molar-refractivity contribution in [1.82, 2.24) is 23.7 Å². The minimum absolute atomic E-state index is 0.00376. The lowest BCUT2D eigenvalue weighted by atomic mass is 9.96. The summed E-state index contributed by atoms with van der Waals surface area (Å²) in [6, 6.07) is 16.5. The number of carbonyl (C=O) groups is 1. The summed E-state index contributed by atoms with van der Waals surface area (Å²) < 4.78 is 31.3. The van der Waals surface area contributed by atoms with E-state index in [9.17, 15) is 33.1 Å². The molecular formula is C36H46N6O7S. The van der Waals surface area contributed by atoms with Crippen LogP contribution in [0, 0.1) is 16.7 Å². The Labute approximate surface area is 292 Å². The van der Waals surface area contributed by atoms with Crippen molar-refractivity contribution in [2.75, 3.05) is 13.1 Å². The molecule has 4 aromatic rings. The summed E-state index contributed by atoms with van der Waals surface area (Å²) in [5.41, 5.74) is 1.52. The van der Waals surface area contributed by atoms with Gasteiger partial charge in [-0.25, -0.2) is 13.2 Å². The zero-order valence-electron chi connectivity index (χ0n) is 28.8. The molecule has 0 saturated carbocycles. The maximum Gasteiger partial charge on any atom is 0.332 e. The first-order valence-corrected chi connectivity index (χ1v) is 18.1. The van der Waals surface area contributed by atoms with Crippen LogP contribution in [-0.4, -0.2) is 68.2 Å². The van der Waals surface area contributed by atoms with Gasteiger partial charge in [-0.05, 0) is 59.2 Å². The third kappa shape index (κ3) is 9.52. The SMILES string of the molecule is CC[C@H](C)[C@@H](C(=O)N[C@@H](Cc1ccccc1)[C@H](O)CN(CC(C)C)S(=O)(=O)c1ccc(CN=O)cc1)n1cc(O)n(Cc2ccncc2)c1=O. The van der Waals surface area contributed by atoms with E-state index in [0.29, 0.717) is 12.0 Å². The molecule has 0 spiro atoms. The number of aliphatic hydroxyl groups is 1. The first-order chi connectivity index (χ1) is 23.8. The maximum absolute atomic E-state index is 14.2. The maximum atomic E-state index is 14.2. The summed E-state index contributed by atoms with van der Waals surface area (Å²) in [5, 5.41) is 28.3. The van der Waals surface area contributed by atoms with Gasteiger partial charge in [-0.2, -0.15) is 9.21 Å². The summed E-state index contributed by atoms with van der Waals surface area (Å²) in [6.45, 7) is 7.19. The minimum atomic E-state index is -4.10. The van der Waals surface area contributed by atoms with Crippen LogP contribution >= 0.6 is 0 Å². The number of benzene rings is 2. The van der Waals surface area contributed by atoms with E-state index in [4.69, 9.17) is 0 Å². The van der Waals surface area contributed by atoms with Gasteiger partial charge >= 0.3 is 5.69 Å². The largest absolute Gasteiger partial charge is 0.493 e. The van der Waals surface area contributed by atoms with Crippen LogP contribution in [0.4, 0.5) is 0 Å². The molecule has 0 aliphatic carbocycles. The molecule has 0 fully saturated rings. The van der Waals surface area contributed by atoms with Crippen molar-refractivity contribution < 1.29 is 23.4 Å². The lowest BCUT2D eigenvalue weighted by molar-refractivity contribution is -0.127. The number of nitrogens with one attached hydrogen (secondary N) is 1. The Balaban J connectivity index is 1.66. The van der Waals surface area contributed by atoms with Crippen molar-refractivity contribution in [2.45, 2.75) is 76.7 Å². The highest BCUT2D eigenvalue weighted by Gasteiger charge is 2.35. The molecule has 13 nitrogen and oxygen atoms in total. The number of hydrogen-bond acceptors (Lipinski definition) is 9. The van der Waals surface area contributed by atoms with E-state index in [1.165, 1.54) is 43.9 Å². The number of nitroso groups, excluding NO2 is 1. The van der Waals surface area contributed by atoms with E-state index in [0.717, 1.165) is 11.1 Å². The number of carbonyl (C=O) groups excluding carboxylic acids is 1. The van der Waals surface area contributed by atoms with Crippen LogP contribution in [0.2, 0.25) is 0 Å². The van der Waals surface area contributed by atoms with Gasteiger partial charge in [-0.15, -0.1) is 0 Å². The van der Waals surface area contributed by atoms with Gasteiger partial charge in [-0.3, -0.25) is 18.9 Å². The number of sulfonamides is 1. The average molecular weight is 707 g/mol. The van der Waals surface area contributed by atoms with Crippen LogP contribution in [0.15, 0.2) is 100 Å². The fourth-order valence-electron chi connectivity index (χ4n) is 5.81. The lowest BCUT2D eigenvalue weighted by Crippen LogP contribution is -2.53. The molecule has 0 radical (unpaired) electrons. The number of aromatic hydroxyl groups is 1. The van der Waals surface area contributed by atoms with E-state index < -0.39 is 39.8 Å². The fraction of sp³-hybridized carbons (Fsp3) is 0.417. The summed E-state index contributed by atoms with van der Waals surface area (Å²) in [6.07, 6.45) is 3.75. The average Bonchev–Trinajstić information content (AvgIpc) is 3.36. The molecule has 14 heteroatoms. The second-order valence-corrected chi connectivity index (χ2v) is 14.9. The fourth-order valence-corrected chi connectivity index (χ4v) is 7.43. The van der Waals surface area contributed by atoms with Crippen molar-refractivity contribution in [1.29, 1.82) is 0 Å². The second-order valence-electron chi connectivity index (χ2n) is 13.0. The Bertz CT molecular complexity index is 1860. The Morgan fingerprint density at radius 3 is 2.22 bits per heavy atom. The Morgan fingerprint density at radius 2 is 1.62 bits per heavy atom. The van der Waals surface area contributed by atoms with Crippen LogP contribution in [0.5, 0.6) is 5.88 Å². The van der Waals surface area contributed by atoms with Gasteiger partial charge in [0.05, 0.1) is 29.8 Å². The zero-order valence-corrected chi connectivity index (χ0v) is 29.6. The minimum Gasteiger partial charge on any atom is -0.493 e. The number of aromatic nitrogens is 3. The molecule has 0 saturated heterocycles. The molecule has 1 amide bonds. The van der Waals surface area contributed by atoms with Crippen molar-refractivity contribution in [3.63, 3.8) is 0 Å². The number of rotatable bonds is 18. The number of imidazole rings is 1. The molecule has 50 heavy (non-hydrogen) atoms. The topological polar surface area (TPSA) is 176 Å². The molecule has 4 rings (SSSR count). The van der Waals surface area contributed by atoms with Gasteiger partial charge in [0.1, 0.15) is 12.6 Å². The lowest BCUT2D eigenvalue weighted by Gasteiger charge is -2.32. The molecule has 0 aliphatic heterocycles. The van der Waals surface area contributed by atoms with E-state index in [-0.39, 0.29) is 55.2 Å². The summed E-state index contributed by atoms with van der Waals surface area (Å²) in [5.74, 6) is -1.31. The first kappa shape index (κ1) is 38.1. The molecule has 0 unspecified atom stereocenters. The highest BCUT2D eigenvalue weighted by atomic mass is 32.2. The molecule has 3 N–H and O–H groups in total. The van der Waals surface area contributed by atoms with Crippen LogP contribution in [-0.2, 0) is 34.3 Å². The number of nitrogens with zero attached hydrogens (tertiary/aromatic N) is 5.